The molecule has 6 nitrogen and oxygen atoms in total. The second-order valence-corrected chi connectivity index (χ2v) is 4.86. The lowest BCUT2D eigenvalue weighted by Crippen LogP contribution is -2.45. The van der Waals surface area contributed by atoms with Gasteiger partial charge in [0.2, 0.25) is 0 Å². The number of piperidine rings is 1. The van der Waals surface area contributed by atoms with Gasteiger partial charge in [0.15, 0.2) is 0 Å². The first-order chi connectivity index (χ1) is 9.00. The number of hydrogen-bond acceptors (Lipinski definition) is 4. The van der Waals surface area contributed by atoms with Crippen molar-refractivity contribution in [3.8, 4) is 0 Å². The highest BCUT2D eigenvalue weighted by Gasteiger charge is 2.25. The molecule has 110 valence electrons. The lowest BCUT2D eigenvalue weighted by atomic mass is 10.0. The summed E-state index contributed by atoms with van der Waals surface area (Å²) in [4.78, 5) is 24.5. The van der Waals surface area contributed by atoms with Crippen LogP contribution in [0.25, 0.3) is 0 Å². The van der Waals surface area contributed by atoms with E-state index in [1.165, 1.54) is 6.07 Å². The zero-order valence-electron chi connectivity index (χ0n) is 11.2. The molecule has 1 atom stereocenters. The van der Waals surface area contributed by atoms with E-state index in [1.54, 1.807) is 24.0 Å². The van der Waals surface area contributed by atoms with Crippen molar-refractivity contribution >= 4 is 24.0 Å². The number of hydrogen-bond donors (Lipinski definition) is 1. The molecule has 1 aromatic rings. The number of nitrogens with zero attached hydrogens (tertiary/aromatic N) is 2. The topological polar surface area (TPSA) is 89.5 Å². The number of carbonyl (C=O) groups excluding carboxylic acids is 1. The van der Waals surface area contributed by atoms with Crippen molar-refractivity contribution in [3.05, 3.63) is 39.4 Å². The smallest absolute Gasteiger partial charge is 0.273 e. The van der Waals surface area contributed by atoms with E-state index in [4.69, 9.17) is 5.73 Å². The van der Waals surface area contributed by atoms with Crippen molar-refractivity contribution in [3.63, 3.8) is 0 Å². The molecule has 0 unspecified atom stereocenters. The molecular weight excluding hydrogens is 282 g/mol. The molecule has 1 heterocycles. The Hall–Kier alpha value is -1.66. The van der Waals surface area contributed by atoms with Crippen molar-refractivity contribution in [2.24, 2.45) is 5.73 Å². The number of halogens is 1. The molecule has 7 heteroatoms. The number of benzene rings is 1. The Morgan fingerprint density at radius 3 is 2.80 bits per heavy atom. The maximum atomic E-state index is 12.4. The third-order valence-electron chi connectivity index (χ3n) is 3.48. The van der Waals surface area contributed by atoms with Crippen molar-refractivity contribution in [1.82, 2.24) is 4.90 Å². The van der Waals surface area contributed by atoms with Gasteiger partial charge in [-0.05, 0) is 25.8 Å². The zero-order valence-corrected chi connectivity index (χ0v) is 12.1. The normalized spacial score (nSPS) is 18.3. The van der Waals surface area contributed by atoms with Crippen LogP contribution in [0.2, 0.25) is 0 Å². The third-order valence-corrected chi connectivity index (χ3v) is 3.48. The maximum absolute atomic E-state index is 12.4. The molecule has 2 rings (SSSR count). The second-order valence-electron chi connectivity index (χ2n) is 4.86. The number of rotatable bonds is 2. The molecule has 2 N–H and O–H groups in total. The minimum Gasteiger partial charge on any atom is -0.337 e. The van der Waals surface area contributed by atoms with Gasteiger partial charge in [-0.2, -0.15) is 0 Å². The highest BCUT2D eigenvalue weighted by Crippen LogP contribution is 2.23. The van der Waals surface area contributed by atoms with Crippen molar-refractivity contribution in [2.45, 2.75) is 25.8 Å². The molecule has 20 heavy (non-hydrogen) atoms. The fourth-order valence-electron chi connectivity index (χ4n) is 2.42. The Labute approximate surface area is 123 Å². The van der Waals surface area contributed by atoms with Crippen LogP contribution in [0.15, 0.2) is 18.2 Å². The summed E-state index contributed by atoms with van der Waals surface area (Å²) in [5.74, 6) is -0.170. The molecule has 1 aliphatic rings. The molecule has 0 radical (unpaired) electrons. The minimum absolute atomic E-state index is 0. The fraction of sp³-hybridized carbons (Fsp3) is 0.462. The quantitative estimate of drug-likeness (QED) is 0.667. The van der Waals surface area contributed by atoms with Gasteiger partial charge in [0.1, 0.15) is 0 Å². The van der Waals surface area contributed by atoms with Crippen molar-refractivity contribution in [2.75, 3.05) is 13.1 Å². The second kappa shape index (κ2) is 6.67. The van der Waals surface area contributed by atoms with Crippen LogP contribution in [0.5, 0.6) is 0 Å². The number of likely N-dealkylation sites (tertiary alicyclic amines) is 1. The van der Waals surface area contributed by atoms with Crippen LogP contribution in [-0.2, 0) is 0 Å². The molecule has 0 aliphatic carbocycles. The number of amides is 1. The maximum Gasteiger partial charge on any atom is 0.273 e. The third kappa shape index (κ3) is 3.26. The Morgan fingerprint density at radius 2 is 2.20 bits per heavy atom. The summed E-state index contributed by atoms with van der Waals surface area (Å²) < 4.78 is 0. The van der Waals surface area contributed by atoms with Gasteiger partial charge in [-0.1, -0.05) is 6.07 Å². The van der Waals surface area contributed by atoms with E-state index in [0.717, 1.165) is 12.8 Å². The van der Waals surface area contributed by atoms with Crippen LogP contribution < -0.4 is 5.73 Å². The number of carbonyl (C=O) groups is 1. The number of nitro groups is 1. The summed E-state index contributed by atoms with van der Waals surface area (Å²) in [5, 5.41) is 10.9. The summed E-state index contributed by atoms with van der Waals surface area (Å²) in [6, 6.07) is 4.58. The van der Waals surface area contributed by atoms with Crippen LogP contribution in [0, 0.1) is 17.0 Å². The Kier molecular flexibility index (Phi) is 5.47. The van der Waals surface area contributed by atoms with Gasteiger partial charge >= 0.3 is 0 Å². The van der Waals surface area contributed by atoms with Gasteiger partial charge < -0.3 is 10.6 Å². The molecule has 1 amide bonds. The van der Waals surface area contributed by atoms with Crippen LogP contribution in [-0.4, -0.2) is 34.9 Å². The molecule has 1 aromatic carbocycles. The summed E-state index contributed by atoms with van der Waals surface area (Å²) in [5.41, 5.74) is 6.64. The largest absolute Gasteiger partial charge is 0.337 e. The predicted molar refractivity (Wildman–Crippen MR) is 78.2 cm³/mol. The molecule has 1 aliphatic heterocycles. The number of nitro benzene ring substituents is 1. The summed E-state index contributed by atoms with van der Waals surface area (Å²) >= 11 is 0. The monoisotopic (exact) mass is 299 g/mol. The van der Waals surface area contributed by atoms with Crippen LogP contribution >= 0.6 is 12.4 Å². The molecule has 0 aromatic heterocycles. The summed E-state index contributed by atoms with van der Waals surface area (Å²) in [7, 11) is 0. The average molecular weight is 300 g/mol. The zero-order chi connectivity index (χ0) is 14.0. The minimum atomic E-state index is -0.464. The van der Waals surface area contributed by atoms with E-state index in [1.807, 2.05) is 0 Å². The highest BCUT2D eigenvalue weighted by molar-refractivity contribution is 5.96. The van der Waals surface area contributed by atoms with Gasteiger partial charge in [0.05, 0.1) is 4.92 Å². The van der Waals surface area contributed by atoms with Gasteiger partial charge in [0, 0.05) is 36.3 Å². The molecular formula is C13H18ClN3O3. The van der Waals surface area contributed by atoms with E-state index >= 15 is 0 Å². The fourth-order valence-corrected chi connectivity index (χ4v) is 2.42. The summed E-state index contributed by atoms with van der Waals surface area (Å²) in [6.07, 6.45) is 1.79. The van der Waals surface area contributed by atoms with E-state index in [9.17, 15) is 14.9 Å². The standard InChI is InChI=1S/C13H17N3O3.ClH/c1-9-11(5-2-6-12(9)16(18)19)13(17)15-7-3-4-10(14)8-15;/h2,5-6,10H,3-4,7-8,14H2,1H3;1H/t10-;/m1./s1. The van der Waals surface area contributed by atoms with E-state index in [2.05, 4.69) is 0 Å². The average Bonchev–Trinajstić information content (AvgIpc) is 2.38. The van der Waals surface area contributed by atoms with Crippen LogP contribution in [0.4, 0.5) is 5.69 Å². The first-order valence-corrected chi connectivity index (χ1v) is 6.29. The van der Waals surface area contributed by atoms with Crippen molar-refractivity contribution < 1.29 is 9.72 Å². The van der Waals surface area contributed by atoms with Gasteiger partial charge in [-0.25, -0.2) is 0 Å². The van der Waals surface area contributed by atoms with E-state index < -0.39 is 4.92 Å². The van der Waals surface area contributed by atoms with Gasteiger partial charge in [-0.15, -0.1) is 12.4 Å². The molecule has 0 bridgehead atoms. The Balaban J connectivity index is 0.00000200. The highest BCUT2D eigenvalue weighted by atomic mass is 35.5. The van der Waals surface area contributed by atoms with Crippen molar-refractivity contribution in [1.29, 1.82) is 0 Å². The lowest BCUT2D eigenvalue weighted by Gasteiger charge is -2.31. The first kappa shape index (κ1) is 16.4. The van der Waals surface area contributed by atoms with E-state index in [-0.39, 0.29) is 30.0 Å². The SMILES string of the molecule is Cc1c(C(=O)N2CCC[C@@H](N)C2)cccc1[N+](=O)[O-].Cl. The first-order valence-electron chi connectivity index (χ1n) is 6.29. The lowest BCUT2D eigenvalue weighted by molar-refractivity contribution is -0.385. The van der Waals surface area contributed by atoms with Gasteiger partial charge in [-0.3, -0.25) is 14.9 Å². The molecule has 1 saturated heterocycles. The van der Waals surface area contributed by atoms with Crippen LogP contribution in [0.1, 0.15) is 28.8 Å². The molecule has 0 spiro atoms. The predicted octanol–water partition coefficient (Wildman–Crippen LogP) is 1.89. The Bertz CT molecular complexity index is 522. The summed E-state index contributed by atoms with van der Waals surface area (Å²) in [6.45, 7) is 2.78. The Morgan fingerprint density at radius 1 is 1.50 bits per heavy atom. The van der Waals surface area contributed by atoms with Gasteiger partial charge in [0.25, 0.3) is 11.6 Å². The van der Waals surface area contributed by atoms with Crippen LogP contribution in [0.3, 0.4) is 0 Å². The molecule has 1 fully saturated rings. The van der Waals surface area contributed by atoms with E-state index in [0.29, 0.717) is 24.2 Å². The molecule has 0 saturated carbocycles. The number of nitrogens with two attached hydrogens (primary N) is 1.